The van der Waals surface area contributed by atoms with Crippen molar-refractivity contribution in [3.63, 3.8) is 0 Å². The first-order chi connectivity index (χ1) is 12.2. The lowest BCUT2D eigenvalue weighted by Gasteiger charge is -2.32. The van der Waals surface area contributed by atoms with Gasteiger partial charge >= 0.3 is 0 Å². The molecule has 0 fully saturated rings. The van der Waals surface area contributed by atoms with Crippen molar-refractivity contribution in [3.05, 3.63) is 71.1 Å². The van der Waals surface area contributed by atoms with Crippen LogP contribution in [0, 0.1) is 6.92 Å². The van der Waals surface area contributed by atoms with Crippen LogP contribution >= 0.6 is 11.8 Å². The van der Waals surface area contributed by atoms with Gasteiger partial charge in [-0.1, -0.05) is 36.0 Å². The Balaban J connectivity index is 1.91. The van der Waals surface area contributed by atoms with Crippen molar-refractivity contribution >= 4 is 28.5 Å². The minimum Gasteiger partial charge on any atom is -0.462 e. The Hall–Kier alpha value is -2.80. The average molecular weight is 352 g/mol. The van der Waals surface area contributed by atoms with E-state index < -0.39 is 6.17 Å². The van der Waals surface area contributed by atoms with Crippen molar-refractivity contribution in [3.8, 4) is 0 Å². The van der Waals surface area contributed by atoms with Gasteiger partial charge in [-0.05, 0) is 25.1 Å². The van der Waals surface area contributed by atoms with Crippen molar-refractivity contribution in [2.75, 3.05) is 5.75 Å². The van der Waals surface area contributed by atoms with Crippen LogP contribution in [0.3, 0.4) is 0 Å². The van der Waals surface area contributed by atoms with E-state index in [1.807, 2.05) is 43.3 Å². The first kappa shape index (κ1) is 15.7. The molecule has 1 atom stereocenters. The fraction of sp³-hybridized carbons (Fsp3) is 0.167. The molecule has 0 spiro atoms. The molecule has 0 bridgehead atoms. The number of nitrogens with zero attached hydrogens (tertiary/aromatic N) is 3. The Bertz CT molecular complexity index is 1010. The van der Waals surface area contributed by atoms with Crippen LogP contribution < -0.4 is 15.9 Å². The van der Waals surface area contributed by atoms with Crippen LogP contribution in [0.1, 0.15) is 17.7 Å². The lowest BCUT2D eigenvalue weighted by Crippen LogP contribution is -2.50. The zero-order valence-electron chi connectivity index (χ0n) is 13.6. The molecule has 1 amide bonds. The molecule has 1 aromatic carbocycles. The smallest absolute Gasteiger partial charge is 0.276 e. The maximum absolute atomic E-state index is 12.8. The van der Waals surface area contributed by atoms with Gasteiger partial charge in [-0.2, -0.15) is 0 Å². The van der Waals surface area contributed by atoms with Crippen molar-refractivity contribution in [2.24, 2.45) is 10.1 Å². The van der Waals surface area contributed by atoms with Crippen LogP contribution in [0.4, 0.5) is 0 Å². The number of hydrazone groups is 1. The van der Waals surface area contributed by atoms with Gasteiger partial charge in [0.05, 0.1) is 5.36 Å². The van der Waals surface area contributed by atoms with Gasteiger partial charge in [0, 0.05) is 11.0 Å². The molecular formula is C18H16N4O2S. The van der Waals surface area contributed by atoms with Crippen LogP contribution in [-0.2, 0) is 4.79 Å². The molecule has 1 unspecified atom stereocenters. The summed E-state index contributed by atoms with van der Waals surface area (Å²) in [5.74, 6) is 1.89. The standard InChI is InChI=1S/C18H16N4O2S/c1-3-10-25-18-20-17(23)15-12-6-4-5-7-13(12)19-16(22(15)21-18)14-9-8-11(2)24-14/h3-9,16H,1,10H2,2H3,(H,20,21,23). The minimum absolute atomic E-state index is 0.197. The van der Waals surface area contributed by atoms with Gasteiger partial charge in [-0.15, -0.1) is 11.7 Å². The molecule has 1 aromatic heterocycles. The Morgan fingerprint density at radius 3 is 2.96 bits per heavy atom. The van der Waals surface area contributed by atoms with Crippen molar-refractivity contribution < 1.29 is 9.21 Å². The summed E-state index contributed by atoms with van der Waals surface area (Å²) in [4.78, 5) is 17.5. The van der Waals surface area contributed by atoms with E-state index in [2.05, 4.69) is 17.0 Å². The number of hydrogen-bond acceptors (Lipinski definition) is 6. The molecule has 2 aliphatic rings. The average Bonchev–Trinajstić information content (AvgIpc) is 3.05. The largest absolute Gasteiger partial charge is 0.462 e. The maximum atomic E-state index is 12.8. The summed E-state index contributed by atoms with van der Waals surface area (Å²) in [6, 6.07) is 11.3. The molecule has 0 saturated heterocycles. The highest BCUT2D eigenvalue weighted by Crippen LogP contribution is 2.31. The van der Waals surface area contributed by atoms with E-state index in [1.165, 1.54) is 11.8 Å². The van der Waals surface area contributed by atoms with Crippen LogP contribution in [-0.4, -0.2) is 21.8 Å². The second-order valence-electron chi connectivity index (χ2n) is 5.62. The third kappa shape index (κ3) is 2.76. The van der Waals surface area contributed by atoms with E-state index in [4.69, 9.17) is 9.41 Å². The molecule has 0 radical (unpaired) electrons. The highest BCUT2D eigenvalue weighted by Gasteiger charge is 2.35. The number of para-hydroxylation sites is 1. The van der Waals surface area contributed by atoms with Gasteiger partial charge in [-0.3, -0.25) is 10.1 Å². The number of benzene rings is 1. The van der Waals surface area contributed by atoms with Crippen molar-refractivity contribution in [2.45, 2.75) is 13.1 Å². The fourth-order valence-corrected chi connectivity index (χ4v) is 3.39. The number of rotatable bonds is 3. The molecule has 7 heteroatoms. The third-order valence-electron chi connectivity index (χ3n) is 3.87. The number of furan rings is 1. The molecule has 126 valence electrons. The fourth-order valence-electron chi connectivity index (χ4n) is 2.81. The van der Waals surface area contributed by atoms with Crippen molar-refractivity contribution in [1.29, 1.82) is 0 Å². The minimum atomic E-state index is -0.510. The first-order valence-electron chi connectivity index (χ1n) is 7.84. The van der Waals surface area contributed by atoms with Crippen LogP contribution in [0.5, 0.6) is 0 Å². The zero-order chi connectivity index (χ0) is 17.4. The summed E-state index contributed by atoms with van der Waals surface area (Å²) < 4.78 is 5.77. The number of fused-ring (bicyclic) bond motifs is 2. The second-order valence-corrected chi connectivity index (χ2v) is 6.63. The first-order valence-corrected chi connectivity index (χ1v) is 8.82. The summed E-state index contributed by atoms with van der Waals surface area (Å²) in [5, 5.41) is 11.1. The van der Waals surface area contributed by atoms with E-state index in [0.29, 0.717) is 22.4 Å². The number of nitrogens with one attached hydrogen (secondary N) is 1. The van der Waals surface area contributed by atoms with Gasteiger partial charge in [0.25, 0.3) is 5.91 Å². The number of carbonyl (C=O) groups excluding carboxylic acids is 1. The molecule has 1 N–H and O–H groups in total. The van der Waals surface area contributed by atoms with E-state index in [-0.39, 0.29) is 5.91 Å². The SMILES string of the molecule is C=CCSC1=NN2C(=c3ccccc3=NC2c2ccc(C)o2)C(=O)N1. The van der Waals surface area contributed by atoms with Gasteiger partial charge < -0.3 is 4.42 Å². The summed E-state index contributed by atoms with van der Waals surface area (Å²) in [6.07, 6.45) is 1.26. The maximum Gasteiger partial charge on any atom is 0.276 e. The Morgan fingerprint density at radius 2 is 2.20 bits per heavy atom. The van der Waals surface area contributed by atoms with E-state index in [0.717, 1.165) is 16.3 Å². The van der Waals surface area contributed by atoms with Crippen molar-refractivity contribution in [1.82, 2.24) is 10.3 Å². The molecule has 0 aliphatic carbocycles. The molecule has 25 heavy (non-hydrogen) atoms. The molecule has 3 heterocycles. The Morgan fingerprint density at radius 1 is 1.36 bits per heavy atom. The Labute approximate surface area is 148 Å². The monoisotopic (exact) mass is 352 g/mol. The number of hydrogen-bond donors (Lipinski definition) is 1. The van der Waals surface area contributed by atoms with Gasteiger partial charge in [0.15, 0.2) is 10.9 Å². The van der Waals surface area contributed by atoms with E-state index >= 15 is 0 Å². The summed E-state index contributed by atoms with van der Waals surface area (Å²) in [6.45, 7) is 5.58. The Kier molecular flexibility index (Phi) is 3.93. The molecule has 4 rings (SSSR count). The number of carbonyl (C=O) groups is 1. The van der Waals surface area contributed by atoms with E-state index in [1.54, 1.807) is 11.1 Å². The molecule has 2 aliphatic heterocycles. The predicted molar refractivity (Wildman–Crippen MR) is 96.9 cm³/mol. The van der Waals surface area contributed by atoms with Crippen LogP contribution in [0.25, 0.3) is 5.70 Å². The van der Waals surface area contributed by atoms with Crippen LogP contribution in [0.2, 0.25) is 0 Å². The molecule has 0 saturated carbocycles. The number of amidine groups is 1. The summed E-state index contributed by atoms with van der Waals surface area (Å²) >= 11 is 1.41. The quantitative estimate of drug-likeness (QED) is 0.853. The topological polar surface area (TPSA) is 70.2 Å². The highest BCUT2D eigenvalue weighted by atomic mass is 32.2. The van der Waals surface area contributed by atoms with Gasteiger partial charge in [-0.25, -0.2) is 10.0 Å². The normalized spacial score (nSPS) is 18.7. The molecular weight excluding hydrogens is 336 g/mol. The number of amides is 1. The lowest BCUT2D eigenvalue weighted by molar-refractivity contribution is -0.116. The molecule has 2 aromatic rings. The van der Waals surface area contributed by atoms with Crippen LogP contribution in [0.15, 0.2) is 63.6 Å². The highest BCUT2D eigenvalue weighted by molar-refractivity contribution is 8.14. The van der Waals surface area contributed by atoms with Gasteiger partial charge in [0.1, 0.15) is 11.5 Å². The zero-order valence-corrected chi connectivity index (χ0v) is 14.4. The molecule has 6 nitrogen and oxygen atoms in total. The van der Waals surface area contributed by atoms with Gasteiger partial charge in [0.2, 0.25) is 6.17 Å². The summed E-state index contributed by atoms with van der Waals surface area (Å²) in [5.41, 5.74) is 0.479. The number of thioether (sulfide) groups is 1. The lowest BCUT2D eigenvalue weighted by atomic mass is 10.1. The number of aryl methyl sites for hydroxylation is 1. The second kappa shape index (κ2) is 6.25. The third-order valence-corrected chi connectivity index (χ3v) is 4.73. The predicted octanol–water partition coefficient (Wildman–Crippen LogP) is 1.65. The van der Waals surface area contributed by atoms with E-state index in [9.17, 15) is 4.79 Å². The summed E-state index contributed by atoms with van der Waals surface area (Å²) in [7, 11) is 0.